The van der Waals surface area contributed by atoms with Crippen LogP contribution in [0, 0.1) is 0 Å². The molecule has 3 rings (SSSR count). The summed E-state index contributed by atoms with van der Waals surface area (Å²) in [6, 6.07) is 9.97. The number of amides is 1. The smallest absolute Gasteiger partial charge is 0.253 e. The first-order valence-electron chi connectivity index (χ1n) is 9.10. The summed E-state index contributed by atoms with van der Waals surface area (Å²) in [5.74, 6) is 0.919. The number of guanidine groups is 1. The number of thiophene rings is 1. The number of hydrogen-bond donors (Lipinski definition) is 2. The molecule has 0 saturated carbocycles. The van der Waals surface area contributed by atoms with Crippen molar-refractivity contribution in [3.05, 3.63) is 57.8 Å². The average molecular weight is 371 g/mol. The van der Waals surface area contributed by atoms with Crippen molar-refractivity contribution in [1.82, 2.24) is 15.5 Å². The summed E-state index contributed by atoms with van der Waals surface area (Å²) < 4.78 is 0. The number of nitrogens with zero attached hydrogens (tertiary/aromatic N) is 2. The molecule has 1 aromatic carbocycles. The molecule has 2 N–H and O–H groups in total. The number of hydrogen-bond acceptors (Lipinski definition) is 3. The number of rotatable bonds is 5. The van der Waals surface area contributed by atoms with Gasteiger partial charge in [-0.1, -0.05) is 12.1 Å². The number of piperidine rings is 1. The predicted octanol–water partition coefficient (Wildman–Crippen LogP) is 3.24. The first kappa shape index (κ1) is 18.5. The Labute approximate surface area is 159 Å². The fraction of sp³-hybridized carbons (Fsp3) is 0.400. The van der Waals surface area contributed by atoms with Crippen molar-refractivity contribution in [3.8, 4) is 0 Å². The molecule has 0 bridgehead atoms. The van der Waals surface area contributed by atoms with Gasteiger partial charge < -0.3 is 15.5 Å². The van der Waals surface area contributed by atoms with Gasteiger partial charge in [0.1, 0.15) is 0 Å². The number of carbonyl (C=O) groups is 1. The molecule has 0 aliphatic carbocycles. The predicted molar refractivity (Wildman–Crippen MR) is 108 cm³/mol. The molecule has 1 amide bonds. The second-order valence-electron chi connectivity index (χ2n) is 6.46. The normalized spacial score (nSPS) is 15.0. The molecular weight excluding hydrogens is 344 g/mol. The summed E-state index contributed by atoms with van der Waals surface area (Å²) in [6.07, 6.45) is 3.46. The maximum atomic E-state index is 12.5. The molecule has 6 heteroatoms. The van der Waals surface area contributed by atoms with E-state index in [0.29, 0.717) is 6.54 Å². The standard InChI is InChI=1S/C20H26N4OS/c1-21-20(23-14-17-9-12-26-15-17)22-13-16-5-7-18(8-6-16)19(25)24-10-3-2-4-11-24/h5-9,12,15H,2-4,10-11,13-14H2,1H3,(H2,21,22,23). The highest BCUT2D eigenvalue weighted by atomic mass is 32.1. The van der Waals surface area contributed by atoms with E-state index in [1.165, 1.54) is 12.0 Å². The van der Waals surface area contributed by atoms with Crippen LogP contribution in [-0.4, -0.2) is 36.9 Å². The first-order chi connectivity index (χ1) is 12.8. The Bertz CT molecular complexity index is 719. The molecule has 0 unspecified atom stereocenters. The second-order valence-corrected chi connectivity index (χ2v) is 7.24. The van der Waals surface area contributed by atoms with E-state index >= 15 is 0 Å². The van der Waals surface area contributed by atoms with Gasteiger partial charge in [-0.15, -0.1) is 0 Å². The van der Waals surface area contributed by atoms with Crippen LogP contribution in [0.25, 0.3) is 0 Å². The van der Waals surface area contributed by atoms with E-state index in [1.807, 2.05) is 29.2 Å². The van der Waals surface area contributed by atoms with E-state index in [9.17, 15) is 4.79 Å². The van der Waals surface area contributed by atoms with Crippen molar-refractivity contribution in [2.45, 2.75) is 32.4 Å². The summed E-state index contributed by atoms with van der Waals surface area (Å²) in [5.41, 5.74) is 3.15. The number of likely N-dealkylation sites (tertiary alicyclic amines) is 1. The maximum absolute atomic E-state index is 12.5. The van der Waals surface area contributed by atoms with E-state index in [0.717, 1.165) is 49.6 Å². The van der Waals surface area contributed by atoms with Gasteiger partial charge in [-0.3, -0.25) is 9.79 Å². The van der Waals surface area contributed by atoms with Gasteiger partial charge in [0.2, 0.25) is 0 Å². The molecule has 1 aliphatic heterocycles. The van der Waals surface area contributed by atoms with E-state index in [1.54, 1.807) is 18.4 Å². The highest BCUT2D eigenvalue weighted by Gasteiger charge is 2.17. The van der Waals surface area contributed by atoms with Crippen molar-refractivity contribution in [1.29, 1.82) is 0 Å². The minimum atomic E-state index is 0.150. The summed E-state index contributed by atoms with van der Waals surface area (Å²) in [4.78, 5) is 18.7. The Morgan fingerprint density at radius 1 is 1.04 bits per heavy atom. The molecule has 138 valence electrons. The number of carbonyl (C=O) groups excluding carboxylic acids is 1. The Kier molecular flexibility index (Phi) is 6.66. The van der Waals surface area contributed by atoms with Crippen molar-refractivity contribution in [2.75, 3.05) is 20.1 Å². The first-order valence-corrected chi connectivity index (χ1v) is 10.0. The van der Waals surface area contributed by atoms with Crippen LogP contribution in [0.5, 0.6) is 0 Å². The molecule has 1 fully saturated rings. The zero-order chi connectivity index (χ0) is 18.2. The molecule has 0 spiro atoms. The monoisotopic (exact) mass is 370 g/mol. The van der Waals surface area contributed by atoms with Crippen LogP contribution in [0.4, 0.5) is 0 Å². The minimum Gasteiger partial charge on any atom is -0.352 e. The molecule has 1 aliphatic rings. The highest BCUT2D eigenvalue weighted by Crippen LogP contribution is 2.14. The van der Waals surface area contributed by atoms with E-state index in [4.69, 9.17) is 0 Å². The third-order valence-corrected chi connectivity index (χ3v) is 5.30. The summed E-state index contributed by atoms with van der Waals surface area (Å²) in [5, 5.41) is 10.8. The Hall–Kier alpha value is -2.34. The van der Waals surface area contributed by atoms with E-state index in [-0.39, 0.29) is 5.91 Å². The molecule has 1 aromatic heterocycles. The van der Waals surface area contributed by atoms with Gasteiger partial charge in [-0.2, -0.15) is 11.3 Å². The van der Waals surface area contributed by atoms with Crippen LogP contribution in [-0.2, 0) is 13.1 Å². The van der Waals surface area contributed by atoms with Gasteiger partial charge in [0.15, 0.2) is 5.96 Å². The van der Waals surface area contributed by atoms with Crippen LogP contribution in [0.3, 0.4) is 0 Å². The zero-order valence-corrected chi connectivity index (χ0v) is 16.0. The Balaban J connectivity index is 1.49. The van der Waals surface area contributed by atoms with Gasteiger partial charge in [0, 0.05) is 38.8 Å². The van der Waals surface area contributed by atoms with Gasteiger partial charge in [0.05, 0.1) is 0 Å². The summed E-state index contributed by atoms with van der Waals surface area (Å²) in [6.45, 7) is 3.19. The van der Waals surface area contributed by atoms with E-state index in [2.05, 4.69) is 32.5 Å². The van der Waals surface area contributed by atoms with Crippen LogP contribution in [0.15, 0.2) is 46.1 Å². The van der Waals surface area contributed by atoms with Crippen LogP contribution in [0.2, 0.25) is 0 Å². The molecule has 26 heavy (non-hydrogen) atoms. The molecule has 1 saturated heterocycles. The summed E-state index contributed by atoms with van der Waals surface area (Å²) in [7, 11) is 1.77. The van der Waals surface area contributed by atoms with Crippen molar-refractivity contribution >= 4 is 23.2 Å². The van der Waals surface area contributed by atoms with Gasteiger partial charge >= 0.3 is 0 Å². The zero-order valence-electron chi connectivity index (χ0n) is 15.2. The molecule has 5 nitrogen and oxygen atoms in total. The highest BCUT2D eigenvalue weighted by molar-refractivity contribution is 7.07. The third kappa shape index (κ3) is 5.08. The Morgan fingerprint density at radius 3 is 2.35 bits per heavy atom. The van der Waals surface area contributed by atoms with Gasteiger partial charge in [-0.25, -0.2) is 0 Å². The van der Waals surface area contributed by atoms with Crippen LogP contribution >= 0.6 is 11.3 Å². The molecular formula is C20H26N4OS. The number of nitrogens with one attached hydrogen (secondary N) is 2. The molecule has 0 atom stereocenters. The second kappa shape index (κ2) is 9.38. The SMILES string of the molecule is CN=C(NCc1ccc(C(=O)N2CCCCC2)cc1)NCc1ccsc1. The van der Waals surface area contributed by atoms with E-state index < -0.39 is 0 Å². The number of aliphatic imine (C=N–C) groups is 1. The van der Waals surface area contributed by atoms with Gasteiger partial charge in [-0.05, 0) is 59.3 Å². The fourth-order valence-corrected chi connectivity index (χ4v) is 3.70. The average Bonchev–Trinajstić information content (AvgIpc) is 3.22. The maximum Gasteiger partial charge on any atom is 0.253 e. The number of benzene rings is 1. The molecule has 2 aromatic rings. The van der Waals surface area contributed by atoms with Crippen LogP contribution < -0.4 is 10.6 Å². The lowest BCUT2D eigenvalue weighted by molar-refractivity contribution is 0.0724. The largest absolute Gasteiger partial charge is 0.352 e. The quantitative estimate of drug-likeness (QED) is 0.627. The minimum absolute atomic E-state index is 0.150. The summed E-state index contributed by atoms with van der Waals surface area (Å²) >= 11 is 1.69. The van der Waals surface area contributed by atoms with Crippen molar-refractivity contribution < 1.29 is 4.79 Å². The van der Waals surface area contributed by atoms with Gasteiger partial charge in [0.25, 0.3) is 5.91 Å². The molecule has 0 radical (unpaired) electrons. The lowest BCUT2D eigenvalue weighted by Crippen LogP contribution is -2.36. The lowest BCUT2D eigenvalue weighted by Gasteiger charge is -2.26. The Morgan fingerprint density at radius 2 is 1.73 bits per heavy atom. The topological polar surface area (TPSA) is 56.7 Å². The fourth-order valence-electron chi connectivity index (χ4n) is 3.03. The van der Waals surface area contributed by atoms with Crippen molar-refractivity contribution in [3.63, 3.8) is 0 Å². The molecule has 2 heterocycles. The van der Waals surface area contributed by atoms with Crippen molar-refractivity contribution in [2.24, 2.45) is 4.99 Å². The third-order valence-electron chi connectivity index (χ3n) is 4.57. The lowest BCUT2D eigenvalue weighted by atomic mass is 10.1. The van der Waals surface area contributed by atoms with Crippen LogP contribution in [0.1, 0.15) is 40.7 Å².